The normalized spacial score (nSPS) is 10.3. The topological polar surface area (TPSA) is 276 Å². The molecule has 1 amide bonds. The number of rotatable bonds is 21. The van der Waals surface area contributed by atoms with Crippen LogP contribution in [-0.4, -0.2) is 76.7 Å². The number of oxazole rings is 4. The van der Waals surface area contributed by atoms with Crippen LogP contribution in [0, 0.1) is 0 Å². The van der Waals surface area contributed by atoms with E-state index in [1.54, 1.807) is 30.3 Å². The monoisotopic (exact) mass is 1280 g/mol. The van der Waals surface area contributed by atoms with Crippen LogP contribution >= 0.6 is 15.9 Å². The molecule has 4 aromatic carbocycles. The van der Waals surface area contributed by atoms with Crippen LogP contribution < -0.4 is 77.7 Å². The van der Waals surface area contributed by atoms with Crippen LogP contribution in [0.5, 0.6) is 0 Å². The molecule has 0 bridgehead atoms. The summed E-state index contributed by atoms with van der Waals surface area (Å²) in [5, 5.41) is 11.5. The summed E-state index contributed by atoms with van der Waals surface area (Å²) in [4.78, 5) is 60.7. The van der Waals surface area contributed by atoms with Gasteiger partial charge in [-0.15, -0.1) is 0 Å². The van der Waals surface area contributed by atoms with Crippen molar-refractivity contribution in [1.82, 2.24) is 45.4 Å². The third kappa shape index (κ3) is 22.4. The summed E-state index contributed by atoms with van der Waals surface area (Å²) in [7, 11) is 0. The zero-order chi connectivity index (χ0) is 60.0. The van der Waals surface area contributed by atoms with Crippen molar-refractivity contribution >= 4 is 114 Å². The number of nitrogen functional groups attached to an aromatic ring is 1. The third-order valence-electron chi connectivity index (χ3n) is 12.5. The molecule has 0 aliphatic heterocycles. The van der Waals surface area contributed by atoms with Gasteiger partial charge in [-0.3, -0.25) is 29.9 Å². The fourth-order valence-electron chi connectivity index (χ4n) is 8.39. The first-order valence-electron chi connectivity index (χ1n) is 28.1. The number of amides is 1. The zero-order valence-electron chi connectivity index (χ0n) is 49.4. The maximum atomic E-state index is 11.4. The standard InChI is InChI=1S/C21H25N3O3.C19H22N4O3.C12H9N3O.C7H6N2O.C5H4BrN.CH4.K.H/c1-2-26-20(25)14-5-3-4-10-16-24(19-13-8-9-15-22-19)21-23-17-11-6-7-12-18(17)27-21;24-18(22-25)12-3-1-2-8-14-23(17-11-6-7-13-20-17)19-21-15-9-4-5-10-16(15)26-19;1-2-6-10-9(5-1)14-12(16-10)15-11-7-3-4-8-13-11;8-7-9-5-3-1-2-4-6(5)10-7;6-5-3-1-2-4-7-5;;;/h6-9,11-13,15H,2-5,10,14,16H2,1H3;4-7,9-11,13,25H,1-3,8,12,14H2,(H,22,24);1-8H,(H,13,14,15);1-4H,(H2,8,9);1-4H;1H4;;/q;;;;;;+1;-1. The minimum absolute atomic E-state index is 0. The molecule has 21 nitrogen and oxygen atoms in total. The fourth-order valence-corrected chi connectivity index (χ4v) is 8.66. The molecule has 0 saturated heterocycles. The average molecular weight is 1280 g/mol. The molecule has 12 rings (SSSR count). The Morgan fingerprint density at radius 2 is 0.955 bits per heavy atom. The van der Waals surface area contributed by atoms with Gasteiger partial charge >= 0.3 is 75.4 Å². The Labute approximate surface area is 562 Å². The number of ether oxygens (including phenoxy) is 1. The van der Waals surface area contributed by atoms with Gasteiger partial charge in [-0.25, -0.2) is 25.4 Å². The Hall–Kier alpha value is -8.42. The van der Waals surface area contributed by atoms with Crippen molar-refractivity contribution in [3.63, 3.8) is 0 Å². The second kappa shape index (κ2) is 38.0. The third-order valence-corrected chi connectivity index (χ3v) is 13.0. The molecule has 0 spiro atoms. The molecule has 5 N–H and O–H groups in total. The molecule has 88 heavy (non-hydrogen) atoms. The van der Waals surface area contributed by atoms with Gasteiger partial charge in [-0.05, 0) is 146 Å². The van der Waals surface area contributed by atoms with E-state index in [9.17, 15) is 9.59 Å². The Kier molecular flexibility index (Phi) is 29.6. The molecule has 0 aliphatic rings. The molecule has 0 radical (unpaired) electrons. The van der Waals surface area contributed by atoms with Crippen molar-refractivity contribution in [3.05, 3.63) is 199 Å². The first kappa shape index (κ1) is 68.7. The number of pyridine rings is 4. The number of unbranched alkanes of at least 4 members (excludes halogenated alkanes) is 6. The summed E-state index contributed by atoms with van der Waals surface area (Å²) in [5.74, 6) is 1.87. The van der Waals surface area contributed by atoms with Crippen molar-refractivity contribution in [2.75, 3.05) is 40.5 Å². The van der Waals surface area contributed by atoms with Crippen LogP contribution in [0.25, 0.3) is 44.4 Å². The number of nitrogens with one attached hydrogen (secondary N) is 2. The number of anilines is 7. The first-order chi connectivity index (χ1) is 42.2. The van der Waals surface area contributed by atoms with Crippen molar-refractivity contribution in [3.8, 4) is 0 Å². The van der Waals surface area contributed by atoms with Gasteiger partial charge in [-0.2, -0.15) is 19.9 Å². The quantitative estimate of drug-likeness (QED) is 0.0130. The number of hydroxylamine groups is 1. The first-order valence-corrected chi connectivity index (χ1v) is 28.9. The molecule has 8 aromatic heterocycles. The van der Waals surface area contributed by atoms with E-state index >= 15 is 0 Å². The smallest absolute Gasteiger partial charge is 1.00 e. The van der Waals surface area contributed by atoms with Gasteiger partial charge < -0.3 is 29.6 Å². The zero-order valence-corrected chi connectivity index (χ0v) is 53.1. The van der Waals surface area contributed by atoms with E-state index < -0.39 is 0 Å². The molecular formula is C65H71BrKN13O8. The molecule has 0 fully saturated rings. The molecular weight excluding hydrogens is 1210 g/mol. The van der Waals surface area contributed by atoms with Crippen molar-refractivity contribution in [2.24, 2.45) is 0 Å². The van der Waals surface area contributed by atoms with Gasteiger partial charge in [0.2, 0.25) is 5.91 Å². The SMILES string of the molecule is Brc1ccccn1.C.CCOC(=O)CCCCCCN(c1ccccn1)c1nc2ccccc2o1.Nc1nc2ccccc2o1.O=C(CCCCCCN(c1ccccn1)c1nc2ccccc2o1)NO.[H-].[K+].c1ccc(Nc2nc3ccccc3o2)nc1. The molecule has 0 saturated carbocycles. The maximum Gasteiger partial charge on any atom is 1.00 e. The Bertz CT molecular complexity index is 3780. The van der Waals surface area contributed by atoms with Crippen molar-refractivity contribution < 1.29 is 90.0 Å². The summed E-state index contributed by atoms with van der Waals surface area (Å²) in [6.07, 6.45) is 15.1. The number of para-hydroxylation sites is 8. The number of hydrogen-bond donors (Lipinski definition) is 4. The van der Waals surface area contributed by atoms with Crippen LogP contribution in [0.3, 0.4) is 0 Å². The van der Waals surface area contributed by atoms with E-state index in [1.165, 1.54) is 0 Å². The number of aromatic nitrogens is 8. The van der Waals surface area contributed by atoms with Crippen LogP contribution in [0.2, 0.25) is 0 Å². The van der Waals surface area contributed by atoms with Gasteiger partial charge in [0.1, 0.15) is 44.1 Å². The number of fused-ring (bicyclic) bond motifs is 4. The Balaban J connectivity index is 0.000000214. The van der Waals surface area contributed by atoms with Crippen LogP contribution in [0.1, 0.15) is 80.0 Å². The summed E-state index contributed by atoms with van der Waals surface area (Å²) < 4.78 is 28.2. The molecule has 23 heteroatoms. The fraction of sp³-hybridized carbons (Fsp3) is 0.231. The van der Waals surface area contributed by atoms with Crippen molar-refractivity contribution in [2.45, 2.75) is 78.6 Å². The van der Waals surface area contributed by atoms with E-state index in [0.717, 1.165) is 125 Å². The number of halogens is 1. The maximum absolute atomic E-state index is 11.4. The summed E-state index contributed by atoms with van der Waals surface area (Å²) >= 11 is 3.20. The van der Waals surface area contributed by atoms with Crippen LogP contribution in [0.4, 0.5) is 41.5 Å². The van der Waals surface area contributed by atoms with E-state index in [0.29, 0.717) is 43.3 Å². The molecule has 12 aromatic rings. The number of esters is 1. The van der Waals surface area contributed by atoms with Gasteiger partial charge in [0, 0.05) is 50.7 Å². The second-order valence-corrected chi connectivity index (χ2v) is 19.6. The summed E-state index contributed by atoms with van der Waals surface area (Å²) in [6, 6.07) is 55.1. The van der Waals surface area contributed by atoms with Crippen molar-refractivity contribution in [1.29, 1.82) is 0 Å². The molecule has 452 valence electrons. The van der Waals surface area contributed by atoms with Crippen LogP contribution in [-0.2, 0) is 14.3 Å². The number of nitrogens with two attached hydrogens (primary N) is 1. The number of benzene rings is 4. The minimum Gasteiger partial charge on any atom is -1.00 e. The number of carbonyl (C=O) groups is 2. The van der Waals surface area contributed by atoms with E-state index in [1.807, 2.05) is 187 Å². The predicted octanol–water partition coefficient (Wildman–Crippen LogP) is 12.7. The molecule has 0 unspecified atom stereocenters. The number of hydrogen-bond acceptors (Lipinski definition) is 20. The number of carbonyl (C=O) groups excluding carboxylic acids is 2. The molecule has 0 atom stereocenters. The number of nitrogens with zero attached hydrogens (tertiary/aromatic N) is 10. The summed E-state index contributed by atoms with van der Waals surface area (Å²) in [6.45, 7) is 3.75. The molecule has 8 heterocycles. The molecule has 0 aliphatic carbocycles. The Morgan fingerprint density at radius 3 is 1.38 bits per heavy atom. The second-order valence-electron chi connectivity index (χ2n) is 18.8. The largest absolute Gasteiger partial charge is 1.00 e. The summed E-state index contributed by atoms with van der Waals surface area (Å²) in [5.41, 5.74) is 13.3. The predicted molar refractivity (Wildman–Crippen MR) is 343 cm³/mol. The minimum atomic E-state index is -0.341. The Morgan fingerprint density at radius 1 is 0.523 bits per heavy atom. The average Bonchev–Trinajstić information content (AvgIpc) is 2.09. The van der Waals surface area contributed by atoms with Gasteiger partial charge in [0.15, 0.2) is 22.3 Å². The van der Waals surface area contributed by atoms with E-state index in [2.05, 4.69) is 61.1 Å². The van der Waals surface area contributed by atoms with E-state index in [4.69, 9.17) is 33.3 Å². The van der Waals surface area contributed by atoms with Crippen LogP contribution in [0.15, 0.2) is 217 Å². The van der Waals surface area contributed by atoms with E-state index in [-0.39, 0.29) is 78.1 Å². The van der Waals surface area contributed by atoms with Gasteiger partial charge in [0.05, 0.1) is 6.61 Å². The van der Waals surface area contributed by atoms with Gasteiger partial charge in [-0.1, -0.05) is 106 Å². The van der Waals surface area contributed by atoms with Gasteiger partial charge in [0.25, 0.3) is 6.01 Å².